The molecule has 1 saturated carbocycles. The molecule has 4 nitrogen and oxygen atoms in total. The van der Waals surface area contributed by atoms with E-state index in [1.165, 1.54) is 6.42 Å². The molecule has 4 rings (SSSR count). The van der Waals surface area contributed by atoms with Crippen molar-refractivity contribution in [3.05, 3.63) is 83.9 Å². The molecule has 2 aliphatic carbocycles. The number of fused-ring (bicyclic) bond motifs is 2. The number of hydrogen-bond donors (Lipinski definition) is 2. The zero-order valence-electron chi connectivity index (χ0n) is 14.5. The van der Waals surface area contributed by atoms with Crippen LogP contribution in [0.5, 0.6) is 0 Å². The molecule has 2 aromatic rings. The van der Waals surface area contributed by atoms with Crippen molar-refractivity contribution >= 4 is 12.1 Å². The van der Waals surface area contributed by atoms with Gasteiger partial charge in [0.25, 0.3) is 5.91 Å². The summed E-state index contributed by atoms with van der Waals surface area (Å²) < 4.78 is 0. The molecule has 132 valence electrons. The van der Waals surface area contributed by atoms with Gasteiger partial charge in [-0.05, 0) is 35.8 Å². The van der Waals surface area contributed by atoms with Crippen LogP contribution >= 0.6 is 0 Å². The predicted octanol–water partition coefficient (Wildman–Crippen LogP) is 3.24. The standard InChI is InChI=1S/C22H22N2O2/c25-21(24-23-15-18-14-16-11-12-17(18)13-16)22(26,19-7-3-1-4-8-19)20-9-5-2-6-10-20/h1-12,15-18,26H,13-14H2,(H,24,25)/b23-15-/t16-,17+,18-/m0/s1. The molecule has 0 saturated heterocycles. The lowest BCUT2D eigenvalue weighted by Gasteiger charge is -2.27. The van der Waals surface area contributed by atoms with Crippen molar-refractivity contribution in [2.75, 3.05) is 0 Å². The van der Waals surface area contributed by atoms with E-state index in [0.717, 1.165) is 6.42 Å². The van der Waals surface area contributed by atoms with Crippen molar-refractivity contribution in [2.24, 2.45) is 22.9 Å². The Morgan fingerprint density at radius 3 is 2.12 bits per heavy atom. The number of allylic oxidation sites excluding steroid dienone is 2. The Morgan fingerprint density at radius 2 is 1.62 bits per heavy atom. The molecule has 2 N–H and O–H groups in total. The molecule has 0 aliphatic heterocycles. The minimum Gasteiger partial charge on any atom is -0.372 e. The van der Waals surface area contributed by atoms with E-state index < -0.39 is 11.5 Å². The van der Waals surface area contributed by atoms with E-state index in [1.807, 2.05) is 18.3 Å². The molecule has 0 heterocycles. The third-order valence-corrected chi connectivity index (χ3v) is 5.47. The highest BCUT2D eigenvalue weighted by molar-refractivity contribution is 5.90. The van der Waals surface area contributed by atoms with Crippen molar-refractivity contribution in [3.63, 3.8) is 0 Å². The molecule has 2 aliphatic rings. The molecule has 0 spiro atoms. The van der Waals surface area contributed by atoms with Gasteiger partial charge in [0.05, 0.1) is 0 Å². The maximum Gasteiger partial charge on any atom is 0.281 e. The summed E-state index contributed by atoms with van der Waals surface area (Å²) in [7, 11) is 0. The lowest BCUT2D eigenvalue weighted by atomic mass is 9.85. The maximum atomic E-state index is 12.9. The van der Waals surface area contributed by atoms with Crippen LogP contribution in [0.25, 0.3) is 0 Å². The second-order valence-corrected chi connectivity index (χ2v) is 7.11. The molecule has 26 heavy (non-hydrogen) atoms. The summed E-state index contributed by atoms with van der Waals surface area (Å²) in [5.74, 6) is 0.997. The van der Waals surface area contributed by atoms with Crippen LogP contribution in [0.15, 0.2) is 77.9 Å². The van der Waals surface area contributed by atoms with E-state index in [4.69, 9.17) is 0 Å². The fraction of sp³-hybridized carbons (Fsp3) is 0.273. The molecule has 4 heteroatoms. The van der Waals surface area contributed by atoms with Gasteiger partial charge in [0, 0.05) is 12.1 Å². The number of benzene rings is 2. The highest BCUT2D eigenvalue weighted by atomic mass is 16.3. The normalized spacial score (nSPS) is 24.3. The van der Waals surface area contributed by atoms with E-state index in [2.05, 4.69) is 22.7 Å². The summed E-state index contributed by atoms with van der Waals surface area (Å²) >= 11 is 0. The number of amides is 1. The SMILES string of the molecule is O=C(N/N=C\[C@@H]1C[C@H]2C=C[C@@H]1C2)C(O)(c1ccccc1)c1ccccc1. The van der Waals surface area contributed by atoms with Crippen molar-refractivity contribution in [3.8, 4) is 0 Å². The number of hydrogen-bond acceptors (Lipinski definition) is 3. The second kappa shape index (κ2) is 6.89. The average Bonchev–Trinajstić information content (AvgIpc) is 3.32. The Morgan fingerprint density at radius 1 is 1.00 bits per heavy atom. The largest absolute Gasteiger partial charge is 0.372 e. The van der Waals surface area contributed by atoms with Crippen molar-refractivity contribution in [1.29, 1.82) is 0 Å². The molecule has 0 unspecified atom stereocenters. The highest BCUT2D eigenvalue weighted by Gasteiger charge is 2.40. The summed E-state index contributed by atoms with van der Waals surface area (Å²) in [5, 5.41) is 15.5. The predicted molar refractivity (Wildman–Crippen MR) is 101 cm³/mol. The molecule has 0 aromatic heterocycles. The third-order valence-electron chi connectivity index (χ3n) is 5.47. The van der Waals surface area contributed by atoms with E-state index in [0.29, 0.717) is 28.9 Å². The van der Waals surface area contributed by atoms with Crippen molar-refractivity contribution in [1.82, 2.24) is 5.43 Å². The van der Waals surface area contributed by atoms with Crippen LogP contribution < -0.4 is 5.43 Å². The average molecular weight is 346 g/mol. The Bertz CT molecular complexity index is 790. The zero-order chi connectivity index (χ0) is 18.0. The van der Waals surface area contributed by atoms with E-state index in [9.17, 15) is 9.90 Å². The molecule has 1 fully saturated rings. The first-order valence-corrected chi connectivity index (χ1v) is 9.03. The smallest absolute Gasteiger partial charge is 0.281 e. The fourth-order valence-electron chi connectivity index (χ4n) is 4.05. The third kappa shape index (κ3) is 2.97. The molecule has 2 aromatic carbocycles. The molecule has 0 radical (unpaired) electrons. The molecular weight excluding hydrogens is 324 g/mol. The van der Waals surface area contributed by atoms with Gasteiger partial charge in [-0.15, -0.1) is 0 Å². The van der Waals surface area contributed by atoms with Gasteiger partial charge in [-0.1, -0.05) is 72.8 Å². The van der Waals surface area contributed by atoms with Gasteiger partial charge in [-0.25, -0.2) is 5.43 Å². The quantitative estimate of drug-likeness (QED) is 0.496. The van der Waals surface area contributed by atoms with Crippen molar-refractivity contribution < 1.29 is 9.90 Å². The topological polar surface area (TPSA) is 61.7 Å². The number of carbonyl (C=O) groups is 1. The van der Waals surface area contributed by atoms with Crippen LogP contribution in [0, 0.1) is 17.8 Å². The van der Waals surface area contributed by atoms with E-state index in [1.54, 1.807) is 48.5 Å². The van der Waals surface area contributed by atoms with Crippen LogP contribution in [0.4, 0.5) is 0 Å². The van der Waals surface area contributed by atoms with Gasteiger partial charge in [-0.2, -0.15) is 5.10 Å². The Labute approximate surface area is 153 Å². The molecular formula is C22H22N2O2. The van der Waals surface area contributed by atoms with Crippen molar-refractivity contribution in [2.45, 2.75) is 18.4 Å². The van der Waals surface area contributed by atoms with Gasteiger partial charge in [0.15, 0.2) is 5.60 Å². The Balaban J connectivity index is 1.56. The van der Waals surface area contributed by atoms with Gasteiger partial charge in [0.1, 0.15) is 0 Å². The monoisotopic (exact) mass is 346 g/mol. The number of nitrogens with zero attached hydrogens (tertiary/aromatic N) is 1. The van der Waals surface area contributed by atoms with E-state index in [-0.39, 0.29) is 0 Å². The first-order chi connectivity index (χ1) is 12.7. The summed E-state index contributed by atoms with van der Waals surface area (Å²) in [6, 6.07) is 17.9. The fourth-order valence-corrected chi connectivity index (χ4v) is 4.05. The van der Waals surface area contributed by atoms with Crippen LogP contribution in [0.1, 0.15) is 24.0 Å². The first kappa shape index (κ1) is 16.7. The number of hydrazone groups is 1. The lowest BCUT2D eigenvalue weighted by molar-refractivity contribution is -0.136. The summed E-state index contributed by atoms with van der Waals surface area (Å²) in [4.78, 5) is 12.9. The minimum absolute atomic E-state index is 0.367. The van der Waals surface area contributed by atoms with Crippen LogP contribution in [-0.2, 0) is 10.4 Å². The summed E-state index contributed by atoms with van der Waals surface area (Å²) in [6.07, 6.45) is 8.61. The number of aliphatic hydroxyl groups is 1. The minimum atomic E-state index is -1.78. The number of carbonyl (C=O) groups excluding carboxylic acids is 1. The summed E-state index contributed by atoms with van der Waals surface area (Å²) in [5.41, 5.74) is 1.81. The zero-order valence-corrected chi connectivity index (χ0v) is 14.5. The lowest BCUT2D eigenvalue weighted by Crippen LogP contribution is -2.43. The first-order valence-electron chi connectivity index (χ1n) is 9.03. The van der Waals surface area contributed by atoms with Gasteiger partial charge >= 0.3 is 0 Å². The number of nitrogens with one attached hydrogen (secondary N) is 1. The van der Waals surface area contributed by atoms with Gasteiger partial charge < -0.3 is 5.11 Å². The van der Waals surface area contributed by atoms with Crippen LogP contribution in [0.2, 0.25) is 0 Å². The van der Waals surface area contributed by atoms with Crippen LogP contribution in [-0.4, -0.2) is 17.2 Å². The molecule has 2 bridgehead atoms. The van der Waals surface area contributed by atoms with Gasteiger partial charge in [0.2, 0.25) is 0 Å². The maximum absolute atomic E-state index is 12.9. The molecule has 1 amide bonds. The number of rotatable bonds is 5. The Kier molecular flexibility index (Phi) is 4.43. The van der Waals surface area contributed by atoms with Gasteiger partial charge in [-0.3, -0.25) is 4.79 Å². The van der Waals surface area contributed by atoms with E-state index >= 15 is 0 Å². The summed E-state index contributed by atoms with van der Waals surface area (Å²) in [6.45, 7) is 0. The van der Waals surface area contributed by atoms with Crippen LogP contribution in [0.3, 0.4) is 0 Å². The molecule has 3 atom stereocenters. The Hall–Kier alpha value is -2.72. The highest BCUT2D eigenvalue weighted by Crippen LogP contribution is 2.42. The second-order valence-electron chi connectivity index (χ2n) is 7.11.